The van der Waals surface area contributed by atoms with E-state index in [4.69, 9.17) is 10.5 Å². The lowest BCUT2D eigenvalue weighted by Crippen LogP contribution is -2.30. The van der Waals surface area contributed by atoms with Crippen molar-refractivity contribution < 1.29 is 9.53 Å². The normalized spacial score (nSPS) is 14.9. The highest BCUT2D eigenvalue weighted by Crippen LogP contribution is 2.29. The summed E-state index contributed by atoms with van der Waals surface area (Å²) < 4.78 is 7.36. The summed E-state index contributed by atoms with van der Waals surface area (Å²) in [6, 6.07) is 5.46. The zero-order valence-electron chi connectivity index (χ0n) is 11.8. The van der Waals surface area contributed by atoms with Crippen LogP contribution in [0.4, 0.5) is 5.82 Å². The minimum absolute atomic E-state index is 0.0777. The summed E-state index contributed by atoms with van der Waals surface area (Å²) in [6.07, 6.45) is 6.89. The van der Waals surface area contributed by atoms with Crippen LogP contribution < -0.4 is 5.73 Å². The highest BCUT2D eigenvalue weighted by Gasteiger charge is 2.25. The minimum Gasteiger partial charge on any atom is -0.384 e. The maximum absolute atomic E-state index is 12.8. The Bertz CT molecular complexity index is 867. The van der Waals surface area contributed by atoms with Gasteiger partial charge in [0.2, 0.25) is 0 Å². The summed E-state index contributed by atoms with van der Waals surface area (Å²) >= 11 is 0. The standard InChI is InChI=1S/C16H14N4O2/c17-15-5-10(1-4-19-15)16(21)13-7-20(11-8-22-9-11)14-2-3-18-6-12(13)14/h1-7,11H,8-9H2,(H2,17,19). The fourth-order valence-electron chi connectivity index (χ4n) is 2.71. The van der Waals surface area contributed by atoms with Gasteiger partial charge in [0.05, 0.1) is 24.8 Å². The lowest BCUT2D eigenvalue weighted by atomic mass is 10.0. The molecule has 4 rings (SSSR count). The molecule has 1 saturated heterocycles. The van der Waals surface area contributed by atoms with Crippen molar-refractivity contribution in [3.8, 4) is 0 Å². The Balaban J connectivity index is 1.86. The molecule has 4 heterocycles. The van der Waals surface area contributed by atoms with E-state index in [1.807, 2.05) is 12.3 Å². The van der Waals surface area contributed by atoms with Crippen LogP contribution in [0.5, 0.6) is 0 Å². The van der Waals surface area contributed by atoms with Crippen molar-refractivity contribution in [3.05, 3.63) is 54.1 Å². The molecule has 0 aliphatic carbocycles. The maximum atomic E-state index is 12.8. The van der Waals surface area contributed by atoms with Crippen LogP contribution in [0.2, 0.25) is 0 Å². The highest BCUT2D eigenvalue weighted by molar-refractivity contribution is 6.16. The molecular weight excluding hydrogens is 280 g/mol. The number of nitrogens with two attached hydrogens (primary N) is 1. The molecule has 1 aliphatic rings. The van der Waals surface area contributed by atoms with E-state index < -0.39 is 0 Å². The van der Waals surface area contributed by atoms with Gasteiger partial charge in [-0.3, -0.25) is 9.78 Å². The Hall–Kier alpha value is -2.73. The first kappa shape index (κ1) is 13.0. The second-order valence-corrected chi connectivity index (χ2v) is 5.33. The van der Waals surface area contributed by atoms with Gasteiger partial charge >= 0.3 is 0 Å². The summed E-state index contributed by atoms with van der Waals surface area (Å²) in [5, 5.41) is 0.842. The molecule has 0 spiro atoms. The average Bonchev–Trinajstić information content (AvgIpc) is 2.85. The van der Waals surface area contributed by atoms with Crippen LogP contribution in [-0.4, -0.2) is 33.5 Å². The number of pyridine rings is 2. The highest BCUT2D eigenvalue weighted by atomic mass is 16.5. The van der Waals surface area contributed by atoms with Gasteiger partial charge in [0.15, 0.2) is 5.78 Å². The second kappa shape index (κ2) is 4.92. The van der Waals surface area contributed by atoms with Crippen molar-refractivity contribution >= 4 is 22.5 Å². The molecule has 3 aromatic heterocycles. The smallest absolute Gasteiger partial charge is 0.195 e. The van der Waals surface area contributed by atoms with Crippen molar-refractivity contribution in [2.24, 2.45) is 0 Å². The molecule has 1 aliphatic heterocycles. The Kier molecular flexibility index (Phi) is 2.90. The topological polar surface area (TPSA) is 83.0 Å². The molecule has 1 fully saturated rings. The number of ether oxygens (including phenoxy) is 1. The number of rotatable bonds is 3. The number of anilines is 1. The molecule has 110 valence electrons. The molecular formula is C16H14N4O2. The molecule has 0 unspecified atom stereocenters. The summed E-state index contributed by atoms with van der Waals surface area (Å²) in [6.45, 7) is 1.34. The van der Waals surface area contributed by atoms with Crippen molar-refractivity contribution in [1.82, 2.24) is 14.5 Å². The molecule has 6 nitrogen and oxygen atoms in total. The van der Waals surface area contributed by atoms with Gasteiger partial charge in [-0.2, -0.15) is 0 Å². The minimum atomic E-state index is -0.0777. The maximum Gasteiger partial charge on any atom is 0.195 e. The molecule has 0 radical (unpaired) electrons. The first-order valence-electron chi connectivity index (χ1n) is 7.02. The van der Waals surface area contributed by atoms with Crippen molar-refractivity contribution in [1.29, 1.82) is 0 Å². The van der Waals surface area contributed by atoms with Crippen molar-refractivity contribution in [3.63, 3.8) is 0 Å². The van der Waals surface area contributed by atoms with Gasteiger partial charge in [0.1, 0.15) is 5.82 Å². The Morgan fingerprint density at radius 3 is 2.91 bits per heavy atom. The van der Waals surface area contributed by atoms with Crippen LogP contribution >= 0.6 is 0 Å². The van der Waals surface area contributed by atoms with Crippen molar-refractivity contribution in [2.75, 3.05) is 18.9 Å². The number of fused-ring (bicyclic) bond motifs is 1. The summed E-state index contributed by atoms with van der Waals surface area (Å²) in [5.74, 6) is 0.256. The lowest BCUT2D eigenvalue weighted by Gasteiger charge is -2.28. The van der Waals surface area contributed by atoms with Crippen LogP contribution in [-0.2, 0) is 4.74 Å². The third-order valence-corrected chi connectivity index (χ3v) is 3.94. The number of nitrogens with zero attached hydrogens (tertiary/aromatic N) is 3. The molecule has 0 amide bonds. The van der Waals surface area contributed by atoms with E-state index in [1.165, 1.54) is 0 Å². The first-order chi connectivity index (χ1) is 10.7. The SMILES string of the molecule is Nc1cc(C(=O)c2cn(C3COC3)c3ccncc23)ccn1. The Labute approximate surface area is 126 Å². The van der Waals surface area contributed by atoms with E-state index >= 15 is 0 Å². The fraction of sp³-hybridized carbons (Fsp3) is 0.188. The monoisotopic (exact) mass is 294 g/mol. The summed E-state index contributed by atoms with van der Waals surface area (Å²) in [4.78, 5) is 20.9. The molecule has 22 heavy (non-hydrogen) atoms. The molecule has 0 saturated carbocycles. The van der Waals surface area contributed by atoms with Crippen LogP contribution in [0.3, 0.4) is 0 Å². The number of hydrogen-bond donors (Lipinski definition) is 1. The zero-order chi connectivity index (χ0) is 15.1. The Morgan fingerprint density at radius 1 is 1.32 bits per heavy atom. The molecule has 0 atom stereocenters. The number of ketones is 1. The first-order valence-corrected chi connectivity index (χ1v) is 7.02. The summed E-state index contributed by atoms with van der Waals surface area (Å²) in [5.41, 5.74) is 7.82. The van der Waals surface area contributed by atoms with Gasteiger partial charge in [-0.1, -0.05) is 0 Å². The zero-order valence-corrected chi connectivity index (χ0v) is 11.8. The Morgan fingerprint density at radius 2 is 2.18 bits per heavy atom. The van der Waals surface area contributed by atoms with Gasteiger partial charge in [-0.15, -0.1) is 0 Å². The summed E-state index contributed by atoms with van der Waals surface area (Å²) in [7, 11) is 0. The van der Waals surface area contributed by atoms with E-state index in [2.05, 4.69) is 14.5 Å². The second-order valence-electron chi connectivity index (χ2n) is 5.33. The molecule has 0 aromatic carbocycles. The van der Waals surface area contributed by atoms with Crippen LogP contribution in [0.25, 0.3) is 10.9 Å². The predicted molar refractivity (Wildman–Crippen MR) is 81.7 cm³/mol. The molecule has 0 bridgehead atoms. The van der Waals surface area contributed by atoms with Crippen LogP contribution in [0, 0.1) is 0 Å². The fourth-order valence-corrected chi connectivity index (χ4v) is 2.71. The van der Waals surface area contributed by atoms with Gasteiger partial charge in [0.25, 0.3) is 0 Å². The quantitative estimate of drug-likeness (QED) is 0.745. The number of carbonyl (C=O) groups excluding carboxylic acids is 1. The third kappa shape index (κ3) is 1.96. The average molecular weight is 294 g/mol. The van der Waals surface area contributed by atoms with Gasteiger partial charge in [-0.05, 0) is 18.2 Å². The number of hydrogen-bond acceptors (Lipinski definition) is 5. The number of aromatic nitrogens is 3. The third-order valence-electron chi connectivity index (χ3n) is 3.94. The van der Waals surface area contributed by atoms with E-state index in [-0.39, 0.29) is 11.8 Å². The van der Waals surface area contributed by atoms with Crippen molar-refractivity contribution in [2.45, 2.75) is 6.04 Å². The van der Waals surface area contributed by atoms with Crippen LogP contribution in [0.1, 0.15) is 22.0 Å². The number of carbonyl (C=O) groups is 1. The van der Waals surface area contributed by atoms with Gasteiger partial charge in [0, 0.05) is 41.3 Å². The lowest BCUT2D eigenvalue weighted by molar-refractivity contribution is -0.0214. The van der Waals surface area contributed by atoms with E-state index in [1.54, 1.807) is 30.7 Å². The van der Waals surface area contributed by atoms with Gasteiger partial charge in [-0.25, -0.2) is 4.98 Å². The van der Waals surface area contributed by atoms with E-state index in [9.17, 15) is 4.79 Å². The van der Waals surface area contributed by atoms with Gasteiger partial charge < -0.3 is 15.0 Å². The van der Waals surface area contributed by atoms with E-state index in [0.29, 0.717) is 30.2 Å². The van der Waals surface area contributed by atoms with Crippen LogP contribution in [0.15, 0.2) is 43.0 Å². The van der Waals surface area contributed by atoms with E-state index in [0.717, 1.165) is 10.9 Å². The molecule has 2 N–H and O–H groups in total. The molecule has 3 aromatic rings. The molecule has 6 heteroatoms. The number of nitrogen functional groups attached to an aromatic ring is 1. The predicted octanol–water partition coefficient (Wildman–Crippen LogP) is 1.82. The largest absolute Gasteiger partial charge is 0.384 e.